The summed E-state index contributed by atoms with van der Waals surface area (Å²) < 4.78 is 30.0. The number of amides is 1. The van der Waals surface area contributed by atoms with E-state index in [1.54, 1.807) is 17.9 Å². The Bertz CT molecular complexity index is 1170. The number of anilines is 3. The number of thiazole rings is 1. The van der Waals surface area contributed by atoms with Crippen molar-refractivity contribution in [3.63, 3.8) is 0 Å². The maximum atomic E-state index is 14.2. The number of nitrogens with one attached hydrogen (secondary N) is 1. The lowest BCUT2D eigenvalue weighted by Crippen LogP contribution is -2.28. The Morgan fingerprint density at radius 3 is 2.79 bits per heavy atom. The summed E-state index contributed by atoms with van der Waals surface area (Å²) in [5.41, 5.74) is 6.13. The van der Waals surface area contributed by atoms with E-state index >= 15 is 0 Å². The van der Waals surface area contributed by atoms with Crippen LogP contribution < -0.4 is 16.0 Å². The van der Waals surface area contributed by atoms with Gasteiger partial charge in [-0.1, -0.05) is 17.4 Å². The maximum Gasteiger partial charge on any atom is 0.277 e. The summed E-state index contributed by atoms with van der Waals surface area (Å²) in [6.45, 7) is 1.63. The number of hydrogen-bond acceptors (Lipinski definition) is 7. The number of hydrogen-bond donors (Lipinski definition) is 2. The smallest absolute Gasteiger partial charge is 0.277 e. The summed E-state index contributed by atoms with van der Waals surface area (Å²) in [5, 5.41) is 7.22. The van der Waals surface area contributed by atoms with Crippen LogP contribution in [-0.4, -0.2) is 47.0 Å². The number of halogens is 2. The summed E-state index contributed by atoms with van der Waals surface area (Å²) in [6, 6.07) is 3.54. The molecule has 1 unspecified atom stereocenters. The molecule has 1 aliphatic rings. The van der Waals surface area contributed by atoms with Crippen molar-refractivity contribution < 1.29 is 13.6 Å². The Hall–Kier alpha value is -3.34. The van der Waals surface area contributed by atoms with E-state index in [0.717, 1.165) is 61.6 Å². The zero-order valence-corrected chi connectivity index (χ0v) is 19.2. The lowest BCUT2D eigenvalue weighted by Gasteiger charge is -2.24. The van der Waals surface area contributed by atoms with Gasteiger partial charge in [0, 0.05) is 33.4 Å². The molecule has 2 aromatic heterocycles. The highest BCUT2D eigenvalue weighted by atomic mass is 32.1. The predicted molar refractivity (Wildman–Crippen MR) is 127 cm³/mol. The van der Waals surface area contributed by atoms with Crippen LogP contribution in [0.2, 0.25) is 0 Å². The minimum absolute atomic E-state index is 0.0100. The van der Waals surface area contributed by atoms with Gasteiger partial charge >= 0.3 is 0 Å². The molecule has 3 aromatic rings. The average Bonchev–Trinajstić information content (AvgIpc) is 3.23. The van der Waals surface area contributed by atoms with Gasteiger partial charge in [-0.05, 0) is 37.3 Å². The van der Waals surface area contributed by atoms with E-state index in [2.05, 4.69) is 25.3 Å². The van der Waals surface area contributed by atoms with E-state index < -0.39 is 17.5 Å². The molecule has 1 saturated heterocycles. The third-order valence-corrected chi connectivity index (χ3v) is 6.53. The Morgan fingerprint density at radius 2 is 2.06 bits per heavy atom. The number of carbonyl (C=O) groups is 1. The minimum atomic E-state index is -0.766. The van der Waals surface area contributed by atoms with Crippen molar-refractivity contribution >= 4 is 40.0 Å². The molecule has 0 spiro atoms. The molecule has 1 fully saturated rings. The van der Waals surface area contributed by atoms with Crippen molar-refractivity contribution in [3.05, 3.63) is 41.7 Å². The van der Waals surface area contributed by atoms with Gasteiger partial charge in [-0.3, -0.25) is 9.48 Å². The standard InChI is InChI=1S/C22H25F2N7OS/c1-26-11-13-5-4-9-31(10-8-13)22-16(12-27-30(22)2)28-20(32)18-19(25)33-21(29-18)17-14(23)6-3-7-15(17)24/h3,6-7,11-13H,4-5,8-10,25H2,1-2H3,(H,28,32). The number of nitrogens with zero attached hydrogens (tertiary/aromatic N) is 5. The Kier molecular flexibility index (Phi) is 6.68. The van der Waals surface area contributed by atoms with Gasteiger partial charge in [-0.25, -0.2) is 13.8 Å². The van der Waals surface area contributed by atoms with Crippen molar-refractivity contribution in [2.24, 2.45) is 18.0 Å². The van der Waals surface area contributed by atoms with Crippen LogP contribution in [0.5, 0.6) is 0 Å². The molecule has 174 valence electrons. The molecular weight excluding hydrogens is 448 g/mol. The number of benzene rings is 1. The van der Waals surface area contributed by atoms with Crippen LogP contribution in [0.4, 0.5) is 25.3 Å². The molecule has 3 N–H and O–H groups in total. The number of carbonyl (C=O) groups excluding carboxylic acids is 1. The molecule has 4 rings (SSSR count). The highest BCUT2D eigenvalue weighted by Gasteiger charge is 2.25. The molecule has 33 heavy (non-hydrogen) atoms. The quantitative estimate of drug-likeness (QED) is 0.546. The number of aliphatic imine (C=N–C) groups is 1. The molecule has 3 heterocycles. The largest absolute Gasteiger partial charge is 0.389 e. The molecule has 11 heteroatoms. The monoisotopic (exact) mass is 473 g/mol. The fraction of sp³-hybridized carbons (Fsp3) is 0.364. The fourth-order valence-corrected chi connectivity index (χ4v) is 4.95. The van der Waals surface area contributed by atoms with E-state index in [1.165, 1.54) is 6.07 Å². The van der Waals surface area contributed by atoms with Crippen LogP contribution in [0.15, 0.2) is 29.4 Å². The summed E-state index contributed by atoms with van der Waals surface area (Å²) in [4.78, 5) is 23.5. The van der Waals surface area contributed by atoms with Gasteiger partial charge in [0.05, 0.1) is 11.8 Å². The number of rotatable bonds is 5. The van der Waals surface area contributed by atoms with E-state index in [9.17, 15) is 13.6 Å². The van der Waals surface area contributed by atoms with Gasteiger partial charge in [0.15, 0.2) is 11.5 Å². The average molecular weight is 474 g/mol. The zero-order chi connectivity index (χ0) is 23.5. The molecule has 1 aliphatic heterocycles. The number of aromatic nitrogens is 3. The molecule has 1 atom stereocenters. The minimum Gasteiger partial charge on any atom is -0.389 e. The second-order valence-electron chi connectivity index (χ2n) is 7.87. The third kappa shape index (κ3) is 4.72. The van der Waals surface area contributed by atoms with Crippen LogP contribution in [0.3, 0.4) is 0 Å². The maximum absolute atomic E-state index is 14.2. The molecule has 0 aliphatic carbocycles. The Morgan fingerprint density at radius 1 is 1.30 bits per heavy atom. The van der Waals surface area contributed by atoms with E-state index in [4.69, 9.17) is 5.73 Å². The Balaban J connectivity index is 1.57. The van der Waals surface area contributed by atoms with Crippen molar-refractivity contribution in [1.82, 2.24) is 14.8 Å². The van der Waals surface area contributed by atoms with Crippen LogP contribution >= 0.6 is 11.3 Å². The molecular formula is C22H25F2N7OS. The molecule has 0 bridgehead atoms. The fourth-order valence-electron chi connectivity index (χ4n) is 4.07. The van der Waals surface area contributed by atoms with Gasteiger partial charge in [0.2, 0.25) is 0 Å². The van der Waals surface area contributed by atoms with Crippen molar-refractivity contribution in [1.29, 1.82) is 0 Å². The van der Waals surface area contributed by atoms with Gasteiger partial charge in [0.1, 0.15) is 27.3 Å². The van der Waals surface area contributed by atoms with Gasteiger partial charge < -0.3 is 20.9 Å². The van der Waals surface area contributed by atoms with E-state index in [0.29, 0.717) is 11.6 Å². The molecule has 1 amide bonds. The molecule has 1 aromatic carbocycles. The highest BCUT2D eigenvalue weighted by molar-refractivity contribution is 7.19. The first-order valence-corrected chi connectivity index (χ1v) is 11.4. The lowest BCUT2D eigenvalue weighted by molar-refractivity contribution is 0.102. The van der Waals surface area contributed by atoms with Crippen molar-refractivity contribution in [3.8, 4) is 10.6 Å². The first-order chi connectivity index (χ1) is 15.9. The molecule has 0 radical (unpaired) electrons. The third-order valence-electron chi connectivity index (χ3n) is 5.63. The summed E-state index contributed by atoms with van der Waals surface area (Å²) in [6.07, 6.45) is 6.57. The second-order valence-corrected chi connectivity index (χ2v) is 8.90. The molecule has 8 nitrogen and oxygen atoms in total. The van der Waals surface area contributed by atoms with Crippen molar-refractivity contribution in [2.45, 2.75) is 19.3 Å². The lowest BCUT2D eigenvalue weighted by atomic mass is 10.0. The van der Waals surface area contributed by atoms with Crippen molar-refractivity contribution in [2.75, 3.05) is 36.1 Å². The normalized spacial score (nSPS) is 16.8. The SMILES string of the molecule is CN=CC1CCCN(c2c(NC(=O)c3nc(-c4c(F)cccc4F)sc3N)cnn2C)CC1. The number of nitrogens with two attached hydrogens (primary N) is 1. The Labute approximate surface area is 194 Å². The number of aryl methyl sites for hydroxylation is 1. The number of nitrogen functional groups attached to an aromatic ring is 1. The first kappa shape index (κ1) is 22.8. The summed E-state index contributed by atoms with van der Waals surface area (Å²) in [7, 11) is 3.60. The van der Waals surface area contributed by atoms with Gasteiger partial charge in [-0.2, -0.15) is 5.10 Å². The van der Waals surface area contributed by atoms with Crippen LogP contribution in [-0.2, 0) is 7.05 Å². The first-order valence-electron chi connectivity index (χ1n) is 10.6. The van der Waals surface area contributed by atoms with E-state index in [-0.39, 0.29) is 21.3 Å². The predicted octanol–water partition coefficient (Wildman–Crippen LogP) is 3.96. The van der Waals surface area contributed by atoms with E-state index in [1.807, 2.05) is 13.3 Å². The molecule has 0 saturated carbocycles. The van der Waals surface area contributed by atoms with Crippen LogP contribution in [0.25, 0.3) is 10.6 Å². The summed E-state index contributed by atoms with van der Waals surface area (Å²) in [5.74, 6) is -0.882. The van der Waals surface area contributed by atoms with Crippen LogP contribution in [0, 0.1) is 17.6 Å². The van der Waals surface area contributed by atoms with Gasteiger partial charge in [0.25, 0.3) is 5.91 Å². The topological polar surface area (TPSA) is 101 Å². The summed E-state index contributed by atoms with van der Waals surface area (Å²) >= 11 is 0.862. The van der Waals surface area contributed by atoms with Crippen LogP contribution in [0.1, 0.15) is 29.8 Å². The second kappa shape index (κ2) is 9.65. The zero-order valence-electron chi connectivity index (χ0n) is 18.4. The van der Waals surface area contributed by atoms with Gasteiger partial charge in [-0.15, -0.1) is 0 Å². The highest BCUT2D eigenvalue weighted by Crippen LogP contribution is 2.34.